The van der Waals surface area contributed by atoms with Crippen LogP contribution in [-0.4, -0.2) is 28.3 Å². The molecule has 176 valence electrons. The van der Waals surface area contributed by atoms with E-state index in [9.17, 15) is 14.9 Å². The summed E-state index contributed by atoms with van der Waals surface area (Å²) in [6.07, 6.45) is 3.05. The third kappa shape index (κ3) is 5.46. The molecule has 0 aliphatic heterocycles. The molecular weight excluding hydrogens is 450 g/mol. The number of fused-ring (bicyclic) bond motifs is 1. The van der Waals surface area contributed by atoms with Gasteiger partial charge in [-0.3, -0.25) is 9.89 Å². The van der Waals surface area contributed by atoms with Crippen LogP contribution in [0.25, 0.3) is 0 Å². The second-order valence-corrected chi connectivity index (χ2v) is 9.63. The van der Waals surface area contributed by atoms with E-state index < -0.39 is 6.09 Å². The summed E-state index contributed by atoms with van der Waals surface area (Å²) in [5.74, 6) is -0.0448. The first-order chi connectivity index (χ1) is 16.4. The number of carbonyl (C=O) groups is 2. The Balaban J connectivity index is 1.35. The number of anilines is 1. The quantitative estimate of drug-likeness (QED) is 0.460. The first-order valence-corrected chi connectivity index (χ1v) is 12.1. The van der Waals surface area contributed by atoms with Gasteiger partial charge in [-0.2, -0.15) is 10.4 Å². The summed E-state index contributed by atoms with van der Waals surface area (Å²) in [6.45, 7) is 4.25. The van der Waals surface area contributed by atoms with E-state index in [1.54, 1.807) is 6.20 Å². The molecule has 2 unspecified atom stereocenters. The molecule has 2 atom stereocenters. The second-order valence-electron chi connectivity index (χ2n) is 8.53. The minimum atomic E-state index is -0.477. The summed E-state index contributed by atoms with van der Waals surface area (Å²) in [5, 5.41) is 22.8. The molecule has 0 saturated heterocycles. The van der Waals surface area contributed by atoms with Gasteiger partial charge in [-0.1, -0.05) is 37.3 Å². The van der Waals surface area contributed by atoms with E-state index >= 15 is 0 Å². The van der Waals surface area contributed by atoms with E-state index in [-0.39, 0.29) is 17.9 Å². The monoisotopic (exact) mass is 477 g/mol. The van der Waals surface area contributed by atoms with Crippen molar-refractivity contribution in [2.45, 2.75) is 58.1 Å². The number of rotatable bonds is 7. The van der Waals surface area contributed by atoms with Gasteiger partial charge >= 0.3 is 6.09 Å². The molecule has 3 aromatic rings. The van der Waals surface area contributed by atoms with Gasteiger partial charge in [0.1, 0.15) is 17.2 Å². The SMILES string of the molecule is Cc1[nH]ncc1CNC(=O)OC1CCc2c(sc(NC(=O)CC(C)c3ccccc3)c2C#N)C1. The molecule has 3 N–H and O–H groups in total. The molecule has 2 aromatic heterocycles. The maximum atomic E-state index is 12.7. The highest BCUT2D eigenvalue weighted by Gasteiger charge is 2.28. The topological polar surface area (TPSA) is 120 Å². The Morgan fingerprint density at radius 3 is 2.85 bits per heavy atom. The summed E-state index contributed by atoms with van der Waals surface area (Å²) in [5.41, 5.74) is 4.39. The number of nitrogens with zero attached hydrogens (tertiary/aromatic N) is 2. The van der Waals surface area contributed by atoms with Gasteiger partial charge in [-0.05, 0) is 36.8 Å². The highest BCUT2D eigenvalue weighted by molar-refractivity contribution is 7.16. The molecule has 2 amide bonds. The maximum absolute atomic E-state index is 12.7. The first-order valence-electron chi connectivity index (χ1n) is 11.3. The molecule has 8 nitrogen and oxygen atoms in total. The van der Waals surface area contributed by atoms with Crippen LogP contribution < -0.4 is 10.6 Å². The van der Waals surface area contributed by atoms with Crippen molar-refractivity contribution in [2.75, 3.05) is 5.32 Å². The molecule has 1 aromatic carbocycles. The number of carbonyl (C=O) groups excluding carboxylic acids is 2. The average molecular weight is 478 g/mol. The molecule has 9 heteroatoms. The van der Waals surface area contributed by atoms with Gasteiger partial charge in [0.05, 0.1) is 11.8 Å². The number of hydrogen-bond acceptors (Lipinski definition) is 6. The third-order valence-electron chi connectivity index (χ3n) is 6.08. The number of amides is 2. The van der Waals surface area contributed by atoms with Gasteiger partial charge in [0.2, 0.25) is 5.91 Å². The number of aromatic amines is 1. The van der Waals surface area contributed by atoms with Gasteiger partial charge in [0.25, 0.3) is 0 Å². The Bertz CT molecular complexity index is 1210. The number of thiophene rings is 1. The number of nitriles is 1. The van der Waals surface area contributed by atoms with Crippen molar-refractivity contribution in [2.24, 2.45) is 0 Å². The molecule has 0 saturated carbocycles. The van der Waals surface area contributed by atoms with Gasteiger partial charge in [-0.25, -0.2) is 4.79 Å². The van der Waals surface area contributed by atoms with E-state index in [4.69, 9.17) is 4.74 Å². The molecule has 0 fully saturated rings. The normalized spacial score (nSPS) is 15.6. The third-order valence-corrected chi connectivity index (χ3v) is 7.25. The van der Waals surface area contributed by atoms with E-state index in [2.05, 4.69) is 26.9 Å². The van der Waals surface area contributed by atoms with Crippen LogP contribution in [0.4, 0.5) is 9.80 Å². The predicted molar refractivity (Wildman–Crippen MR) is 130 cm³/mol. The van der Waals surface area contributed by atoms with Crippen LogP contribution in [0.1, 0.15) is 58.5 Å². The van der Waals surface area contributed by atoms with E-state index in [0.717, 1.165) is 27.3 Å². The van der Waals surface area contributed by atoms with Gasteiger partial charge in [-0.15, -0.1) is 11.3 Å². The highest BCUT2D eigenvalue weighted by atomic mass is 32.1. The minimum Gasteiger partial charge on any atom is -0.446 e. The summed E-state index contributed by atoms with van der Waals surface area (Å²) in [4.78, 5) is 25.9. The highest BCUT2D eigenvalue weighted by Crippen LogP contribution is 2.38. The van der Waals surface area contributed by atoms with Gasteiger partial charge in [0, 0.05) is 35.5 Å². The Kier molecular flexibility index (Phi) is 7.28. The lowest BCUT2D eigenvalue weighted by Gasteiger charge is -2.22. The van der Waals surface area contributed by atoms with Crippen LogP contribution >= 0.6 is 11.3 Å². The average Bonchev–Trinajstić information content (AvgIpc) is 3.39. The lowest BCUT2D eigenvalue weighted by atomic mass is 9.93. The van der Waals surface area contributed by atoms with Crippen LogP contribution in [0.15, 0.2) is 36.5 Å². The number of hydrogen-bond donors (Lipinski definition) is 3. The molecule has 0 spiro atoms. The Labute approximate surface area is 202 Å². The minimum absolute atomic E-state index is 0.0726. The summed E-state index contributed by atoms with van der Waals surface area (Å²) >= 11 is 1.40. The molecule has 34 heavy (non-hydrogen) atoms. The number of aryl methyl sites for hydroxylation is 1. The Hall–Kier alpha value is -3.64. The van der Waals surface area contributed by atoms with Crippen molar-refractivity contribution in [3.05, 3.63) is 69.4 Å². The maximum Gasteiger partial charge on any atom is 0.407 e. The fraction of sp³-hybridized carbons (Fsp3) is 0.360. The predicted octanol–water partition coefficient (Wildman–Crippen LogP) is 4.57. The molecule has 1 aliphatic rings. The molecule has 1 aliphatic carbocycles. The van der Waals surface area contributed by atoms with Crippen molar-refractivity contribution in [1.82, 2.24) is 15.5 Å². The number of H-pyrrole nitrogens is 1. The second kappa shape index (κ2) is 10.5. The van der Waals surface area contributed by atoms with Gasteiger partial charge < -0.3 is 15.4 Å². The molecule has 4 rings (SSSR count). The lowest BCUT2D eigenvalue weighted by Crippen LogP contribution is -2.31. The number of nitrogens with one attached hydrogen (secondary N) is 3. The fourth-order valence-electron chi connectivity index (χ4n) is 4.13. The van der Waals surface area contributed by atoms with Crippen molar-refractivity contribution in [1.29, 1.82) is 5.26 Å². The summed E-state index contributed by atoms with van der Waals surface area (Å²) in [6, 6.07) is 12.1. The van der Waals surface area contributed by atoms with Crippen LogP contribution in [0.2, 0.25) is 0 Å². The first kappa shape index (κ1) is 23.5. The summed E-state index contributed by atoms with van der Waals surface area (Å²) < 4.78 is 5.61. The van der Waals surface area contributed by atoms with Crippen LogP contribution in [0.3, 0.4) is 0 Å². The summed E-state index contributed by atoms with van der Waals surface area (Å²) in [7, 11) is 0. The van der Waals surface area contributed by atoms with Gasteiger partial charge in [0.15, 0.2) is 0 Å². The fourth-order valence-corrected chi connectivity index (χ4v) is 5.41. The molecule has 2 heterocycles. The zero-order chi connectivity index (χ0) is 24.1. The van der Waals surface area contributed by atoms with Crippen molar-refractivity contribution >= 4 is 28.3 Å². The number of aromatic nitrogens is 2. The zero-order valence-corrected chi connectivity index (χ0v) is 20.0. The number of benzene rings is 1. The van der Waals surface area contributed by atoms with E-state index in [1.807, 2.05) is 44.2 Å². The molecule has 0 bridgehead atoms. The molecular formula is C25H27N5O3S. The van der Waals surface area contributed by atoms with Crippen molar-refractivity contribution < 1.29 is 14.3 Å². The zero-order valence-electron chi connectivity index (χ0n) is 19.2. The standard InChI is InChI=1S/C25H27N5O3S/c1-15(17-6-4-3-5-7-17)10-23(31)29-24-21(12-26)20-9-8-19(11-22(20)34-24)33-25(32)27-13-18-14-28-30-16(18)2/h3-7,14-15,19H,8-11,13H2,1-2H3,(H,27,32)(H,28,30)(H,29,31). The Morgan fingerprint density at radius 2 is 2.15 bits per heavy atom. The van der Waals surface area contributed by atoms with Crippen LogP contribution in [0, 0.1) is 18.3 Å². The van der Waals surface area contributed by atoms with E-state index in [0.29, 0.717) is 42.8 Å². The number of ether oxygens (including phenoxy) is 1. The largest absolute Gasteiger partial charge is 0.446 e. The van der Waals surface area contributed by atoms with Crippen LogP contribution in [-0.2, 0) is 28.9 Å². The number of alkyl carbamates (subject to hydrolysis) is 1. The van der Waals surface area contributed by atoms with Crippen molar-refractivity contribution in [3.63, 3.8) is 0 Å². The van der Waals surface area contributed by atoms with Crippen molar-refractivity contribution in [3.8, 4) is 6.07 Å². The molecule has 0 radical (unpaired) electrons. The lowest BCUT2D eigenvalue weighted by molar-refractivity contribution is -0.116. The van der Waals surface area contributed by atoms with E-state index in [1.165, 1.54) is 11.3 Å². The smallest absolute Gasteiger partial charge is 0.407 e. The Morgan fingerprint density at radius 1 is 1.35 bits per heavy atom. The van der Waals surface area contributed by atoms with Crippen LogP contribution in [0.5, 0.6) is 0 Å².